The number of benzene rings is 1. The number of para-hydroxylation sites is 1. The highest BCUT2D eigenvalue weighted by Crippen LogP contribution is 2.24. The summed E-state index contributed by atoms with van der Waals surface area (Å²) in [5, 5.41) is 4.58. The number of rotatable bonds is 4. The Morgan fingerprint density at radius 2 is 2.11 bits per heavy atom. The Labute approximate surface area is 112 Å². The average Bonchev–Trinajstić information content (AvgIpc) is 2.98. The molecule has 3 nitrogen and oxygen atoms in total. The van der Waals surface area contributed by atoms with Gasteiger partial charge in [0.2, 0.25) is 0 Å². The summed E-state index contributed by atoms with van der Waals surface area (Å²) in [6, 6.07) is 14.3. The van der Waals surface area contributed by atoms with Crippen molar-refractivity contribution in [3.05, 3.63) is 66.2 Å². The van der Waals surface area contributed by atoms with Gasteiger partial charge < -0.3 is 9.73 Å². The van der Waals surface area contributed by atoms with Gasteiger partial charge in [-0.1, -0.05) is 25.1 Å². The van der Waals surface area contributed by atoms with Crippen molar-refractivity contribution in [3.63, 3.8) is 0 Å². The fourth-order valence-corrected chi connectivity index (χ4v) is 2.29. The third kappa shape index (κ3) is 2.37. The van der Waals surface area contributed by atoms with E-state index in [1.807, 2.05) is 36.5 Å². The number of nitrogens with zero attached hydrogens (tertiary/aromatic N) is 1. The van der Waals surface area contributed by atoms with Gasteiger partial charge in [-0.05, 0) is 36.4 Å². The Kier molecular flexibility index (Phi) is 3.29. The molecule has 0 aliphatic heterocycles. The zero-order chi connectivity index (χ0) is 13.1. The lowest BCUT2D eigenvalue weighted by Crippen LogP contribution is -2.21. The van der Waals surface area contributed by atoms with E-state index in [2.05, 4.69) is 29.4 Å². The first-order chi connectivity index (χ1) is 9.38. The molecule has 1 unspecified atom stereocenters. The maximum absolute atomic E-state index is 5.52. The Balaban J connectivity index is 2.05. The first-order valence-corrected chi connectivity index (χ1v) is 6.50. The Hall–Kier alpha value is -2.13. The van der Waals surface area contributed by atoms with E-state index in [4.69, 9.17) is 4.42 Å². The van der Waals surface area contributed by atoms with Gasteiger partial charge in [0.1, 0.15) is 5.76 Å². The number of nitrogens with one attached hydrogen (secondary N) is 1. The van der Waals surface area contributed by atoms with Gasteiger partial charge in [-0.25, -0.2) is 0 Å². The molecule has 19 heavy (non-hydrogen) atoms. The Morgan fingerprint density at radius 3 is 2.89 bits per heavy atom. The number of fused-ring (bicyclic) bond motifs is 1. The first-order valence-electron chi connectivity index (χ1n) is 6.50. The quantitative estimate of drug-likeness (QED) is 0.772. The zero-order valence-electron chi connectivity index (χ0n) is 10.8. The predicted octanol–water partition coefficient (Wildman–Crippen LogP) is 3.53. The molecule has 0 fully saturated rings. The molecule has 3 heteroatoms. The highest BCUT2D eigenvalue weighted by molar-refractivity contribution is 5.78. The fraction of sp³-hybridized carbons (Fsp3) is 0.188. The molecule has 0 spiro atoms. The van der Waals surface area contributed by atoms with E-state index in [0.29, 0.717) is 0 Å². The smallest absolute Gasteiger partial charge is 0.125 e. The highest BCUT2D eigenvalue weighted by Gasteiger charge is 2.16. The van der Waals surface area contributed by atoms with E-state index in [1.54, 1.807) is 6.26 Å². The number of aromatic nitrogens is 1. The summed E-state index contributed by atoms with van der Waals surface area (Å²) in [5.74, 6) is 0.916. The van der Waals surface area contributed by atoms with Crippen LogP contribution >= 0.6 is 0 Å². The maximum Gasteiger partial charge on any atom is 0.125 e. The van der Waals surface area contributed by atoms with E-state index < -0.39 is 0 Å². The SMILES string of the molecule is CCNC(c1cnc2ccccc2c1)c1ccco1. The van der Waals surface area contributed by atoms with Gasteiger partial charge in [-0.2, -0.15) is 0 Å². The van der Waals surface area contributed by atoms with Crippen molar-refractivity contribution in [2.24, 2.45) is 0 Å². The molecular weight excluding hydrogens is 236 g/mol. The summed E-state index contributed by atoms with van der Waals surface area (Å²) < 4.78 is 5.52. The molecule has 96 valence electrons. The van der Waals surface area contributed by atoms with Crippen molar-refractivity contribution in [2.45, 2.75) is 13.0 Å². The minimum absolute atomic E-state index is 0.0529. The lowest BCUT2D eigenvalue weighted by Gasteiger charge is -2.16. The van der Waals surface area contributed by atoms with Gasteiger partial charge >= 0.3 is 0 Å². The van der Waals surface area contributed by atoms with Gasteiger partial charge in [-0.3, -0.25) is 4.98 Å². The summed E-state index contributed by atoms with van der Waals surface area (Å²) in [6.45, 7) is 2.96. The molecule has 1 aromatic carbocycles. The van der Waals surface area contributed by atoms with E-state index in [9.17, 15) is 0 Å². The van der Waals surface area contributed by atoms with Crippen LogP contribution in [0.15, 0.2) is 59.3 Å². The average molecular weight is 252 g/mol. The molecule has 0 aliphatic rings. The molecule has 0 aliphatic carbocycles. The predicted molar refractivity (Wildman–Crippen MR) is 76.0 cm³/mol. The van der Waals surface area contributed by atoms with Crippen molar-refractivity contribution < 1.29 is 4.42 Å². The van der Waals surface area contributed by atoms with Crippen LogP contribution in [0.1, 0.15) is 24.3 Å². The van der Waals surface area contributed by atoms with Crippen LogP contribution in [0.25, 0.3) is 10.9 Å². The molecule has 2 heterocycles. The normalized spacial score (nSPS) is 12.7. The second kappa shape index (κ2) is 5.24. The molecule has 1 N–H and O–H groups in total. The molecule has 3 rings (SSSR count). The number of pyridine rings is 1. The summed E-state index contributed by atoms with van der Waals surface area (Å²) in [5.41, 5.74) is 2.14. The number of furan rings is 1. The molecule has 0 saturated heterocycles. The van der Waals surface area contributed by atoms with Crippen LogP contribution in [0.4, 0.5) is 0 Å². The van der Waals surface area contributed by atoms with Gasteiger partial charge in [0.25, 0.3) is 0 Å². The molecule has 0 saturated carbocycles. The second-order valence-electron chi connectivity index (χ2n) is 4.47. The van der Waals surface area contributed by atoms with E-state index >= 15 is 0 Å². The minimum Gasteiger partial charge on any atom is -0.467 e. The molecule has 1 atom stereocenters. The minimum atomic E-state index is 0.0529. The number of hydrogen-bond acceptors (Lipinski definition) is 3. The van der Waals surface area contributed by atoms with Crippen molar-refractivity contribution in [1.82, 2.24) is 10.3 Å². The van der Waals surface area contributed by atoms with E-state index in [1.165, 1.54) is 0 Å². The van der Waals surface area contributed by atoms with Gasteiger partial charge in [0, 0.05) is 11.6 Å². The molecule has 0 radical (unpaired) electrons. The van der Waals surface area contributed by atoms with Crippen LogP contribution in [0.5, 0.6) is 0 Å². The lowest BCUT2D eigenvalue weighted by atomic mass is 10.0. The first kappa shape index (κ1) is 11.9. The third-order valence-corrected chi connectivity index (χ3v) is 3.18. The van der Waals surface area contributed by atoms with Crippen molar-refractivity contribution >= 4 is 10.9 Å². The molecule has 0 bridgehead atoms. The molecule has 3 aromatic rings. The second-order valence-corrected chi connectivity index (χ2v) is 4.47. The monoisotopic (exact) mass is 252 g/mol. The van der Waals surface area contributed by atoms with Gasteiger partial charge in [0.15, 0.2) is 0 Å². The largest absolute Gasteiger partial charge is 0.467 e. The molecule has 2 aromatic heterocycles. The third-order valence-electron chi connectivity index (χ3n) is 3.18. The topological polar surface area (TPSA) is 38.1 Å². The van der Waals surface area contributed by atoms with Crippen LogP contribution in [0.3, 0.4) is 0 Å². The highest BCUT2D eigenvalue weighted by atomic mass is 16.3. The van der Waals surface area contributed by atoms with E-state index in [-0.39, 0.29) is 6.04 Å². The van der Waals surface area contributed by atoms with Crippen molar-refractivity contribution in [1.29, 1.82) is 0 Å². The van der Waals surface area contributed by atoms with Crippen molar-refractivity contribution in [2.75, 3.05) is 6.54 Å². The lowest BCUT2D eigenvalue weighted by molar-refractivity contribution is 0.452. The van der Waals surface area contributed by atoms with Crippen LogP contribution in [0, 0.1) is 0 Å². The van der Waals surface area contributed by atoms with E-state index in [0.717, 1.165) is 28.8 Å². The summed E-state index contributed by atoms with van der Waals surface area (Å²) in [7, 11) is 0. The Morgan fingerprint density at radius 1 is 1.21 bits per heavy atom. The fourth-order valence-electron chi connectivity index (χ4n) is 2.29. The summed E-state index contributed by atoms with van der Waals surface area (Å²) >= 11 is 0. The van der Waals surface area contributed by atoms with Crippen LogP contribution in [0.2, 0.25) is 0 Å². The van der Waals surface area contributed by atoms with Crippen LogP contribution in [-0.2, 0) is 0 Å². The number of hydrogen-bond donors (Lipinski definition) is 1. The van der Waals surface area contributed by atoms with Gasteiger partial charge in [-0.15, -0.1) is 0 Å². The van der Waals surface area contributed by atoms with Crippen LogP contribution in [-0.4, -0.2) is 11.5 Å². The van der Waals surface area contributed by atoms with Gasteiger partial charge in [0.05, 0.1) is 17.8 Å². The maximum atomic E-state index is 5.52. The molecule has 0 amide bonds. The zero-order valence-corrected chi connectivity index (χ0v) is 10.8. The van der Waals surface area contributed by atoms with Crippen molar-refractivity contribution in [3.8, 4) is 0 Å². The summed E-state index contributed by atoms with van der Waals surface area (Å²) in [4.78, 5) is 4.51. The standard InChI is InChI=1S/C16H16N2O/c1-2-17-16(15-8-5-9-19-15)13-10-12-6-3-4-7-14(12)18-11-13/h3-11,16-17H,2H2,1H3. The molecular formula is C16H16N2O. The Bertz CT molecular complexity index is 661. The summed E-state index contributed by atoms with van der Waals surface area (Å²) in [6.07, 6.45) is 3.62. The van der Waals surface area contributed by atoms with Crippen LogP contribution < -0.4 is 5.32 Å².